The van der Waals surface area contributed by atoms with E-state index in [0.29, 0.717) is 24.4 Å². The van der Waals surface area contributed by atoms with Gasteiger partial charge < -0.3 is 15.8 Å². The number of nitrogen functional groups attached to an aromatic ring is 1. The zero-order valence-electron chi connectivity index (χ0n) is 17.1. The first-order valence-electron chi connectivity index (χ1n) is 10.0. The normalized spacial score (nSPS) is 12.5. The van der Waals surface area contributed by atoms with Crippen molar-refractivity contribution >= 4 is 17.3 Å². The predicted molar refractivity (Wildman–Crippen MR) is 113 cm³/mol. The van der Waals surface area contributed by atoms with E-state index in [-0.39, 0.29) is 6.10 Å². The Morgan fingerprint density at radius 1 is 1.21 bits per heavy atom. The Hall–Kier alpha value is -2.83. The fourth-order valence-corrected chi connectivity index (χ4v) is 3.15. The van der Waals surface area contributed by atoms with Gasteiger partial charge in [0, 0.05) is 17.8 Å². The van der Waals surface area contributed by atoms with Crippen LogP contribution in [0.25, 0.3) is 5.65 Å². The molecular formula is C21H30N6O. The molecule has 0 radical (unpaired) electrons. The molecule has 7 heteroatoms. The number of anilines is 2. The van der Waals surface area contributed by atoms with Gasteiger partial charge in [0.25, 0.3) is 0 Å². The van der Waals surface area contributed by atoms with Crippen LogP contribution in [0.2, 0.25) is 0 Å². The third-order valence-corrected chi connectivity index (χ3v) is 4.74. The van der Waals surface area contributed by atoms with Gasteiger partial charge in [0.1, 0.15) is 6.10 Å². The van der Waals surface area contributed by atoms with Gasteiger partial charge >= 0.3 is 6.01 Å². The number of hydrogen-bond donors (Lipinski definition) is 2. The molecule has 2 aromatic heterocycles. The number of rotatable bonds is 9. The minimum atomic E-state index is 0.111. The lowest BCUT2D eigenvalue weighted by Gasteiger charge is -2.16. The third kappa shape index (κ3) is 4.52. The first-order valence-corrected chi connectivity index (χ1v) is 10.0. The van der Waals surface area contributed by atoms with Gasteiger partial charge in [0.05, 0.1) is 6.20 Å². The summed E-state index contributed by atoms with van der Waals surface area (Å²) < 4.78 is 7.85. The number of aromatic nitrogens is 4. The Kier molecular flexibility index (Phi) is 6.34. The summed E-state index contributed by atoms with van der Waals surface area (Å²) in [6.07, 6.45) is 4.93. The van der Waals surface area contributed by atoms with Crippen LogP contribution >= 0.6 is 0 Å². The topological polar surface area (TPSA) is 90.4 Å². The Bertz CT molecular complexity index is 920. The van der Waals surface area contributed by atoms with Crippen LogP contribution in [-0.4, -0.2) is 25.7 Å². The number of nitrogens with two attached hydrogens (primary N) is 1. The second-order valence-electron chi connectivity index (χ2n) is 7.36. The molecule has 0 aliphatic rings. The predicted octanol–water partition coefficient (Wildman–Crippen LogP) is 4.40. The largest absolute Gasteiger partial charge is 0.460 e. The van der Waals surface area contributed by atoms with Gasteiger partial charge in [-0.15, -0.1) is 0 Å². The highest BCUT2D eigenvalue weighted by Crippen LogP contribution is 2.24. The third-order valence-electron chi connectivity index (χ3n) is 4.74. The van der Waals surface area contributed by atoms with E-state index in [1.54, 1.807) is 4.52 Å². The van der Waals surface area contributed by atoms with E-state index in [1.165, 1.54) is 0 Å². The molecule has 1 unspecified atom stereocenters. The molecule has 28 heavy (non-hydrogen) atoms. The quantitative estimate of drug-likeness (QED) is 0.533. The van der Waals surface area contributed by atoms with Crippen molar-refractivity contribution < 1.29 is 4.74 Å². The molecule has 0 aliphatic carbocycles. The maximum Gasteiger partial charge on any atom is 0.322 e. The van der Waals surface area contributed by atoms with Gasteiger partial charge in [-0.25, -0.2) is 0 Å². The maximum atomic E-state index is 6.10. The van der Waals surface area contributed by atoms with E-state index < -0.39 is 0 Å². The molecule has 3 rings (SSSR count). The number of ether oxygens (including phenoxy) is 1. The lowest BCUT2D eigenvalue weighted by atomic mass is 10.1. The SMILES string of the molecule is CCCC(CC)Oc1nc(NCc2cccc(N)c2)n2ncc(C(C)C)c2n1. The highest BCUT2D eigenvalue weighted by molar-refractivity contribution is 5.53. The Labute approximate surface area is 166 Å². The summed E-state index contributed by atoms with van der Waals surface area (Å²) in [4.78, 5) is 9.27. The number of nitrogens with one attached hydrogen (secondary N) is 1. The van der Waals surface area contributed by atoms with Gasteiger partial charge in [0.2, 0.25) is 5.95 Å². The molecule has 150 valence electrons. The summed E-state index contributed by atoms with van der Waals surface area (Å²) in [5, 5.41) is 7.86. The highest BCUT2D eigenvalue weighted by atomic mass is 16.5. The summed E-state index contributed by atoms with van der Waals surface area (Å²) in [5.41, 5.74) is 9.55. The number of nitrogens with zero attached hydrogens (tertiary/aromatic N) is 4. The lowest BCUT2D eigenvalue weighted by Crippen LogP contribution is -2.18. The molecule has 0 aliphatic heterocycles. The summed E-state index contributed by atoms with van der Waals surface area (Å²) in [7, 11) is 0. The van der Waals surface area contributed by atoms with Crippen LogP contribution in [0.4, 0.5) is 11.6 Å². The van der Waals surface area contributed by atoms with Crippen LogP contribution in [0.3, 0.4) is 0 Å². The molecule has 1 aromatic carbocycles. The molecule has 0 saturated carbocycles. The number of fused-ring (bicyclic) bond motifs is 1. The van der Waals surface area contributed by atoms with Gasteiger partial charge in [-0.05, 0) is 36.5 Å². The molecule has 3 aromatic rings. The molecule has 0 amide bonds. The van der Waals surface area contributed by atoms with Crippen molar-refractivity contribution in [1.29, 1.82) is 0 Å². The molecule has 2 heterocycles. The van der Waals surface area contributed by atoms with Crippen molar-refractivity contribution in [2.75, 3.05) is 11.1 Å². The van der Waals surface area contributed by atoms with Crippen LogP contribution in [0, 0.1) is 0 Å². The first kappa shape index (κ1) is 19.9. The molecule has 1 atom stereocenters. The second-order valence-corrected chi connectivity index (χ2v) is 7.36. The lowest BCUT2D eigenvalue weighted by molar-refractivity contribution is 0.170. The first-order chi connectivity index (χ1) is 13.5. The summed E-state index contributed by atoms with van der Waals surface area (Å²) in [6, 6.07) is 8.18. The van der Waals surface area contributed by atoms with Crippen LogP contribution < -0.4 is 15.8 Å². The van der Waals surface area contributed by atoms with Gasteiger partial charge in [-0.2, -0.15) is 19.6 Å². The van der Waals surface area contributed by atoms with Crippen molar-refractivity contribution in [2.24, 2.45) is 0 Å². The average Bonchev–Trinajstić information content (AvgIpc) is 3.10. The monoisotopic (exact) mass is 382 g/mol. The Morgan fingerprint density at radius 3 is 2.71 bits per heavy atom. The second kappa shape index (κ2) is 8.91. The Morgan fingerprint density at radius 2 is 2.04 bits per heavy atom. The zero-order chi connectivity index (χ0) is 20.1. The van der Waals surface area contributed by atoms with E-state index in [9.17, 15) is 0 Å². The number of hydrogen-bond acceptors (Lipinski definition) is 6. The summed E-state index contributed by atoms with van der Waals surface area (Å²) in [5.74, 6) is 0.917. The van der Waals surface area contributed by atoms with E-state index >= 15 is 0 Å². The van der Waals surface area contributed by atoms with Crippen molar-refractivity contribution in [3.8, 4) is 6.01 Å². The molecule has 0 bridgehead atoms. The summed E-state index contributed by atoms with van der Waals surface area (Å²) in [6.45, 7) is 9.12. The van der Waals surface area contributed by atoms with Crippen LogP contribution in [0.5, 0.6) is 6.01 Å². The van der Waals surface area contributed by atoms with Crippen molar-refractivity contribution in [1.82, 2.24) is 19.6 Å². The molecule has 0 saturated heterocycles. The van der Waals surface area contributed by atoms with E-state index in [0.717, 1.165) is 41.7 Å². The van der Waals surface area contributed by atoms with Crippen molar-refractivity contribution in [3.05, 3.63) is 41.6 Å². The van der Waals surface area contributed by atoms with E-state index in [4.69, 9.17) is 10.5 Å². The minimum Gasteiger partial charge on any atom is -0.460 e. The fourth-order valence-electron chi connectivity index (χ4n) is 3.15. The van der Waals surface area contributed by atoms with Gasteiger partial charge in [0.15, 0.2) is 5.65 Å². The summed E-state index contributed by atoms with van der Waals surface area (Å²) >= 11 is 0. The fraction of sp³-hybridized carbons (Fsp3) is 0.476. The zero-order valence-corrected chi connectivity index (χ0v) is 17.1. The molecule has 7 nitrogen and oxygen atoms in total. The van der Waals surface area contributed by atoms with Crippen LogP contribution in [0.1, 0.15) is 64.0 Å². The number of benzene rings is 1. The maximum absolute atomic E-state index is 6.10. The smallest absolute Gasteiger partial charge is 0.322 e. The molecule has 0 spiro atoms. The van der Waals surface area contributed by atoms with Crippen LogP contribution in [-0.2, 0) is 6.54 Å². The molecular weight excluding hydrogens is 352 g/mol. The average molecular weight is 383 g/mol. The standard InChI is InChI=1S/C21H30N6O/c1-5-8-17(6-2)28-21-25-19-18(14(3)4)13-24-27(19)20(26-21)23-12-15-9-7-10-16(22)11-15/h7,9-11,13-14,17H,5-6,8,12,22H2,1-4H3,(H,23,25,26). The minimum absolute atomic E-state index is 0.111. The molecule has 0 fully saturated rings. The van der Waals surface area contributed by atoms with Gasteiger partial charge in [-0.3, -0.25) is 0 Å². The van der Waals surface area contributed by atoms with Crippen molar-refractivity contribution in [3.63, 3.8) is 0 Å². The Balaban J connectivity index is 1.94. The van der Waals surface area contributed by atoms with E-state index in [1.807, 2.05) is 30.5 Å². The van der Waals surface area contributed by atoms with Crippen LogP contribution in [0.15, 0.2) is 30.5 Å². The van der Waals surface area contributed by atoms with Crippen molar-refractivity contribution in [2.45, 2.75) is 65.5 Å². The highest BCUT2D eigenvalue weighted by Gasteiger charge is 2.17. The van der Waals surface area contributed by atoms with Gasteiger partial charge in [-0.1, -0.05) is 46.2 Å². The molecule has 3 N–H and O–H groups in total. The van der Waals surface area contributed by atoms with E-state index in [2.05, 4.69) is 48.1 Å².